The average Bonchev–Trinajstić information content (AvgIpc) is 2.75. The van der Waals surface area contributed by atoms with Gasteiger partial charge in [0.2, 0.25) is 0 Å². The molecule has 3 nitrogen and oxygen atoms in total. The number of carbonyl (C=O) groups is 1. The lowest BCUT2D eigenvalue weighted by Crippen LogP contribution is -2.26. The van der Waals surface area contributed by atoms with Gasteiger partial charge in [0.1, 0.15) is 5.82 Å². The van der Waals surface area contributed by atoms with Crippen LogP contribution in [-0.2, 0) is 11.3 Å². The van der Waals surface area contributed by atoms with Crippen LogP contribution in [0.1, 0.15) is 30.9 Å². The molecule has 1 saturated heterocycles. The van der Waals surface area contributed by atoms with E-state index in [1.54, 1.807) is 6.07 Å². The van der Waals surface area contributed by atoms with Crippen LogP contribution in [0, 0.1) is 5.82 Å². The van der Waals surface area contributed by atoms with Crippen molar-refractivity contribution < 1.29 is 14.3 Å². The van der Waals surface area contributed by atoms with E-state index in [0.717, 1.165) is 24.7 Å². The second-order valence-corrected chi connectivity index (χ2v) is 4.98. The highest BCUT2D eigenvalue weighted by molar-refractivity contribution is 5.85. The lowest BCUT2D eigenvalue weighted by molar-refractivity contribution is -0.131. The Bertz CT molecular complexity index is 499. The molecule has 0 amide bonds. The zero-order chi connectivity index (χ0) is 13.8. The highest BCUT2D eigenvalue weighted by atomic mass is 19.1. The molecule has 1 N–H and O–H groups in total. The van der Waals surface area contributed by atoms with Gasteiger partial charge < -0.3 is 5.11 Å². The number of benzene rings is 1. The summed E-state index contributed by atoms with van der Waals surface area (Å²) < 4.78 is 13.3. The second-order valence-electron chi connectivity index (χ2n) is 4.98. The number of aliphatic carboxylic acids is 1. The summed E-state index contributed by atoms with van der Waals surface area (Å²) in [5.74, 6) is -1.37. The quantitative estimate of drug-likeness (QED) is 0.849. The van der Waals surface area contributed by atoms with Crippen molar-refractivity contribution in [2.24, 2.45) is 0 Å². The van der Waals surface area contributed by atoms with Crippen LogP contribution in [0.3, 0.4) is 0 Å². The molecule has 1 heterocycles. The van der Waals surface area contributed by atoms with Crippen LogP contribution < -0.4 is 0 Å². The number of rotatable bonds is 4. The van der Waals surface area contributed by atoms with Crippen LogP contribution in [0.15, 0.2) is 24.3 Å². The fraction of sp³-hybridized carbons (Fsp3) is 0.400. The molecule has 0 aromatic heterocycles. The Balaban J connectivity index is 2.21. The van der Waals surface area contributed by atoms with Crippen LogP contribution in [0.5, 0.6) is 0 Å². The van der Waals surface area contributed by atoms with Crippen LogP contribution in [0.4, 0.5) is 4.39 Å². The summed E-state index contributed by atoms with van der Waals surface area (Å²) in [5.41, 5.74) is 1.61. The summed E-state index contributed by atoms with van der Waals surface area (Å²) in [4.78, 5) is 12.9. The number of hydrogen-bond donors (Lipinski definition) is 1. The van der Waals surface area contributed by atoms with Crippen molar-refractivity contribution in [3.8, 4) is 0 Å². The molecule has 1 unspecified atom stereocenters. The second kappa shape index (κ2) is 5.97. The van der Waals surface area contributed by atoms with E-state index >= 15 is 0 Å². The molecule has 0 bridgehead atoms. The molecule has 1 atom stereocenters. The molecule has 2 rings (SSSR count). The summed E-state index contributed by atoms with van der Waals surface area (Å²) in [6.07, 6.45) is 4.87. The SMILES string of the molecule is CC1CCCN1Cc1ccc(F)cc1C=CC(=O)O. The van der Waals surface area contributed by atoms with Gasteiger partial charge in [-0.05, 0) is 55.6 Å². The molecule has 4 heteroatoms. The fourth-order valence-electron chi connectivity index (χ4n) is 2.47. The Kier molecular flexibility index (Phi) is 4.32. The molecule has 0 radical (unpaired) electrons. The molecule has 102 valence electrons. The van der Waals surface area contributed by atoms with E-state index in [2.05, 4.69) is 11.8 Å². The van der Waals surface area contributed by atoms with Crippen molar-refractivity contribution in [1.82, 2.24) is 4.90 Å². The van der Waals surface area contributed by atoms with Crippen molar-refractivity contribution in [2.75, 3.05) is 6.54 Å². The Labute approximate surface area is 112 Å². The summed E-state index contributed by atoms with van der Waals surface area (Å²) in [5, 5.41) is 8.67. The molecule has 1 aromatic rings. The number of carboxylic acid groups (broad SMARTS) is 1. The molecular weight excluding hydrogens is 245 g/mol. The first-order valence-corrected chi connectivity index (χ1v) is 6.50. The monoisotopic (exact) mass is 263 g/mol. The van der Waals surface area contributed by atoms with Gasteiger partial charge in [-0.1, -0.05) is 6.07 Å². The Morgan fingerprint density at radius 3 is 3.00 bits per heavy atom. The third-order valence-electron chi connectivity index (χ3n) is 3.58. The van der Waals surface area contributed by atoms with Gasteiger partial charge in [-0.2, -0.15) is 0 Å². The number of hydrogen-bond acceptors (Lipinski definition) is 2. The number of likely N-dealkylation sites (tertiary alicyclic amines) is 1. The molecule has 0 saturated carbocycles. The lowest BCUT2D eigenvalue weighted by atomic mass is 10.1. The van der Waals surface area contributed by atoms with Crippen molar-refractivity contribution in [3.05, 3.63) is 41.2 Å². The standard InChI is InChI=1S/C15H18FNO2/c1-11-3-2-8-17(11)10-13-4-6-14(16)9-12(13)5-7-15(18)19/h4-7,9,11H,2-3,8,10H2,1H3,(H,18,19). The third-order valence-corrected chi connectivity index (χ3v) is 3.58. The first-order valence-electron chi connectivity index (χ1n) is 6.50. The molecule has 0 aliphatic carbocycles. The molecule has 0 spiro atoms. The van der Waals surface area contributed by atoms with E-state index in [1.165, 1.54) is 31.1 Å². The van der Waals surface area contributed by atoms with Gasteiger partial charge in [-0.15, -0.1) is 0 Å². The maximum atomic E-state index is 13.3. The topological polar surface area (TPSA) is 40.5 Å². The largest absolute Gasteiger partial charge is 0.478 e. The van der Waals surface area contributed by atoms with Crippen LogP contribution in [0.2, 0.25) is 0 Å². The van der Waals surface area contributed by atoms with E-state index < -0.39 is 5.97 Å². The van der Waals surface area contributed by atoms with Gasteiger partial charge in [0, 0.05) is 18.7 Å². The summed E-state index contributed by atoms with van der Waals surface area (Å²) in [7, 11) is 0. The van der Waals surface area contributed by atoms with E-state index in [1.807, 2.05) is 0 Å². The van der Waals surface area contributed by atoms with Crippen LogP contribution >= 0.6 is 0 Å². The average molecular weight is 263 g/mol. The van der Waals surface area contributed by atoms with E-state index in [9.17, 15) is 9.18 Å². The zero-order valence-corrected chi connectivity index (χ0v) is 11.0. The number of nitrogens with zero attached hydrogens (tertiary/aromatic N) is 1. The number of carboxylic acids is 1. The lowest BCUT2D eigenvalue weighted by Gasteiger charge is -2.22. The van der Waals surface area contributed by atoms with Crippen LogP contribution in [-0.4, -0.2) is 28.6 Å². The molecule has 19 heavy (non-hydrogen) atoms. The van der Waals surface area contributed by atoms with Gasteiger partial charge >= 0.3 is 5.97 Å². The third kappa shape index (κ3) is 3.64. The van der Waals surface area contributed by atoms with Gasteiger partial charge in [-0.25, -0.2) is 9.18 Å². The van der Waals surface area contributed by atoms with E-state index in [-0.39, 0.29) is 5.82 Å². The maximum Gasteiger partial charge on any atom is 0.328 e. The minimum Gasteiger partial charge on any atom is -0.478 e. The van der Waals surface area contributed by atoms with Gasteiger partial charge in [0.15, 0.2) is 0 Å². The van der Waals surface area contributed by atoms with Crippen molar-refractivity contribution in [3.63, 3.8) is 0 Å². The summed E-state index contributed by atoms with van der Waals surface area (Å²) >= 11 is 0. The minimum absolute atomic E-state index is 0.344. The molecule has 1 aromatic carbocycles. The first kappa shape index (κ1) is 13.7. The number of halogens is 1. The summed E-state index contributed by atoms with van der Waals surface area (Å²) in [6.45, 7) is 3.96. The van der Waals surface area contributed by atoms with Crippen molar-refractivity contribution in [2.45, 2.75) is 32.4 Å². The normalized spacial score (nSPS) is 20.2. The molecule has 1 aliphatic rings. The molecule has 1 aliphatic heterocycles. The zero-order valence-electron chi connectivity index (χ0n) is 11.0. The smallest absolute Gasteiger partial charge is 0.328 e. The molecule has 1 fully saturated rings. The first-order chi connectivity index (χ1) is 9.06. The minimum atomic E-state index is -1.02. The van der Waals surface area contributed by atoms with Crippen molar-refractivity contribution in [1.29, 1.82) is 0 Å². The fourth-order valence-corrected chi connectivity index (χ4v) is 2.47. The van der Waals surface area contributed by atoms with Gasteiger partial charge in [0.25, 0.3) is 0 Å². The van der Waals surface area contributed by atoms with Gasteiger partial charge in [0.05, 0.1) is 0 Å². The van der Waals surface area contributed by atoms with E-state index in [0.29, 0.717) is 11.6 Å². The Hall–Kier alpha value is -1.68. The molecular formula is C15H18FNO2. The predicted octanol–water partition coefficient (Wildman–Crippen LogP) is 2.91. The predicted molar refractivity (Wildman–Crippen MR) is 72.2 cm³/mol. The maximum absolute atomic E-state index is 13.3. The van der Waals surface area contributed by atoms with Crippen molar-refractivity contribution >= 4 is 12.0 Å². The highest BCUT2D eigenvalue weighted by Gasteiger charge is 2.20. The van der Waals surface area contributed by atoms with Gasteiger partial charge in [-0.3, -0.25) is 4.90 Å². The Morgan fingerprint density at radius 2 is 2.37 bits per heavy atom. The highest BCUT2D eigenvalue weighted by Crippen LogP contribution is 2.22. The van der Waals surface area contributed by atoms with Crippen LogP contribution in [0.25, 0.3) is 6.08 Å². The Morgan fingerprint density at radius 1 is 1.58 bits per heavy atom. The summed E-state index contributed by atoms with van der Waals surface area (Å²) in [6, 6.07) is 5.08. The van der Waals surface area contributed by atoms with E-state index in [4.69, 9.17) is 5.11 Å².